The summed E-state index contributed by atoms with van der Waals surface area (Å²) < 4.78 is 0. The number of benzene rings is 1. The summed E-state index contributed by atoms with van der Waals surface area (Å²) in [5.41, 5.74) is -0.906. The number of pyridine rings is 1. The van der Waals surface area contributed by atoms with Crippen LogP contribution >= 0.6 is 0 Å². The lowest BCUT2D eigenvalue weighted by Gasteiger charge is -2.16. The highest BCUT2D eigenvalue weighted by Crippen LogP contribution is 2.21. The molecular weight excluding hydrogens is 202 g/mol. The van der Waals surface area contributed by atoms with Crippen molar-refractivity contribution in [2.24, 2.45) is 0 Å². The van der Waals surface area contributed by atoms with E-state index in [9.17, 15) is 9.90 Å². The van der Waals surface area contributed by atoms with Gasteiger partial charge in [-0.2, -0.15) is 0 Å². The van der Waals surface area contributed by atoms with Crippen LogP contribution in [-0.4, -0.2) is 21.5 Å². The third-order valence-corrected chi connectivity index (χ3v) is 2.47. The van der Waals surface area contributed by atoms with E-state index < -0.39 is 5.60 Å². The van der Waals surface area contributed by atoms with E-state index in [0.29, 0.717) is 5.56 Å². The van der Waals surface area contributed by atoms with Crippen molar-refractivity contribution in [2.45, 2.75) is 19.4 Å². The molecule has 0 saturated heterocycles. The fourth-order valence-corrected chi connectivity index (χ4v) is 1.63. The van der Waals surface area contributed by atoms with Gasteiger partial charge in [-0.15, -0.1) is 0 Å². The number of carbonyl (C=O) groups excluding carboxylic acids is 1. The largest absolute Gasteiger partial charge is 0.382 e. The average Bonchev–Trinajstić information content (AvgIpc) is 2.26. The first-order valence-electron chi connectivity index (χ1n) is 5.10. The van der Waals surface area contributed by atoms with Crippen LogP contribution in [0.3, 0.4) is 0 Å². The minimum atomic E-state index is -1.37. The van der Waals surface area contributed by atoms with Crippen molar-refractivity contribution in [1.82, 2.24) is 4.98 Å². The molecule has 0 aliphatic heterocycles. The number of hydrogen-bond acceptors (Lipinski definition) is 3. The van der Waals surface area contributed by atoms with E-state index in [1.165, 1.54) is 20.0 Å². The van der Waals surface area contributed by atoms with E-state index in [4.69, 9.17) is 0 Å². The summed E-state index contributed by atoms with van der Waals surface area (Å²) in [6.07, 6.45) is 3.21. The van der Waals surface area contributed by atoms with Gasteiger partial charge in [-0.05, 0) is 19.2 Å². The monoisotopic (exact) mass is 215 g/mol. The number of rotatable bonds is 2. The molecule has 3 heteroatoms. The van der Waals surface area contributed by atoms with Gasteiger partial charge in [0.15, 0.2) is 5.78 Å². The molecule has 1 N–H and O–H groups in total. The standard InChI is InChI=1S/C13H13NO2/c1-13(2,16)12(15)11-8-14-7-9-5-3-4-6-10(9)11/h3-8,16H,1-2H3. The lowest BCUT2D eigenvalue weighted by Crippen LogP contribution is -2.31. The molecule has 0 unspecified atom stereocenters. The molecule has 0 aliphatic rings. The van der Waals surface area contributed by atoms with Gasteiger partial charge in [0.2, 0.25) is 0 Å². The Balaban J connectivity index is 2.66. The fraction of sp³-hybridized carbons (Fsp3) is 0.231. The highest BCUT2D eigenvalue weighted by atomic mass is 16.3. The average molecular weight is 215 g/mol. The topological polar surface area (TPSA) is 50.2 Å². The Labute approximate surface area is 93.7 Å². The second-order valence-electron chi connectivity index (χ2n) is 4.30. The highest BCUT2D eigenvalue weighted by Gasteiger charge is 2.26. The van der Waals surface area contributed by atoms with Crippen LogP contribution in [0, 0.1) is 0 Å². The van der Waals surface area contributed by atoms with E-state index in [1.807, 2.05) is 24.3 Å². The summed E-state index contributed by atoms with van der Waals surface area (Å²) in [6.45, 7) is 2.97. The first kappa shape index (κ1) is 10.8. The number of aliphatic hydroxyl groups is 1. The number of fused-ring (bicyclic) bond motifs is 1. The number of aromatic nitrogens is 1. The smallest absolute Gasteiger partial charge is 0.195 e. The van der Waals surface area contributed by atoms with Crippen molar-refractivity contribution in [3.63, 3.8) is 0 Å². The third-order valence-electron chi connectivity index (χ3n) is 2.47. The van der Waals surface area contributed by atoms with Crippen molar-refractivity contribution >= 4 is 16.6 Å². The van der Waals surface area contributed by atoms with Gasteiger partial charge in [-0.3, -0.25) is 9.78 Å². The van der Waals surface area contributed by atoms with Gasteiger partial charge in [0.25, 0.3) is 0 Å². The fourth-order valence-electron chi connectivity index (χ4n) is 1.63. The number of carbonyl (C=O) groups is 1. The minimum Gasteiger partial charge on any atom is -0.382 e. The molecule has 1 aromatic heterocycles. The zero-order chi connectivity index (χ0) is 11.8. The van der Waals surface area contributed by atoms with E-state index in [-0.39, 0.29) is 5.78 Å². The number of hydrogen-bond donors (Lipinski definition) is 1. The molecule has 2 rings (SSSR count). The predicted molar refractivity (Wildman–Crippen MR) is 62.4 cm³/mol. The molecule has 0 saturated carbocycles. The van der Waals surface area contributed by atoms with Crippen LogP contribution in [-0.2, 0) is 0 Å². The Morgan fingerprint density at radius 3 is 2.62 bits per heavy atom. The first-order valence-corrected chi connectivity index (χ1v) is 5.10. The summed E-state index contributed by atoms with van der Waals surface area (Å²) >= 11 is 0. The van der Waals surface area contributed by atoms with Gasteiger partial charge >= 0.3 is 0 Å². The molecule has 0 bridgehead atoms. The molecule has 0 atom stereocenters. The van der Waals surface area contributed by atoms with Crippen molar-refractivity contribution < 1.29 is 9.90 Å². The zero-order valence-electron chi connectivity index (χ0n) is 9.27. The van der Waals surface area contributed by atoms with Gasteiger partial charge in [-0.25, -0.2) is 0 Å². The van der Waals surface area contributed by atoms with Crippen LogP contribution < -0.4 is 0 Å². The van der Waals surface area contributed by atoms with Gasteiger partial charge in [0.1, 0.15) is 5.60 Å². The Kier molecular flexibility index (Phi) is 2.48. The number of ketones is 1. The van der Waals surface area contributed by atoms with Crippen LogP contribution in [0.25, 0.3) is 10.8 Å². The van der Waals surface area contributed by atoms with E-state index in [2.05, 4.69) is 4.98 Å². The third kappa shape index (κ3) is 1.82. The summed E-state index contributed by atoms with van der Waals surface area (Å²) in [5.74, 6) is -0.309. The van der Waals surface area contributed by atoms with Crippen molar-refractivity contribution in [3.05, 3.63) is 42.2 Å². The maximum absolute atomic E-state index is 12.0. The summed E-state index contributed by atoms with van der Waals surface area (Å²) in [5, 5.41) is 11.4. The Bertz CT molecular complexity index is 536. The number of nitrogens with zero attached hydrogens (tertiary/aromatic N) is 1. The van der Waals surface area contributed by atoms with E-state index >= 15 is 0 Å². The molecule has 2 aromatic rings. The predicted octanol–water partition coefficient (Wildman–Crippen LogP) is 2.19. The van der Waals surface area contributed by atoms with Gasteiger partial charge in [-0.1, -0.05) is 24.3 Å². The molecule has 16 heavy (non-hydrogen) atoms. The molecule has 0 aliphatic carbocycles. The summed E-state index contributed by atoms with van der Waals surface area (Å²) in [7, 11) is 0. The highest BCUT2D eigenvalue weighted by molar-refractivity contribution is 6.11. The Morgan fingerprint density at radius 2 is 1.94 bits per heavy atom. The van der Waals surface area contributed by atoms with Crippen molar-refractivity contribution in [2.75, 3.05) is 0 Å². The molecule has 1 aromatic carbocycles. The van der Waals surface area contributed by atoms with Gasteiger partial charge < -0.3 is 5.11 Å². The van der Waals surface area contributed by atoms with E-state index in [1.54, 1.807) is 6.20 Å². The Hall–Kier alpha value is -1.74. The molecule has 1 heterocycles. The molecule has 0 amide bonds. The van der Waals surface area contributed by atoms with Crippen LogP contribution in [0.15, 0.2) is 36.7 Å². The summed E-state index contributed by atoms with van der Waals surface area (Å²) in [4.78, 5) is 16.0. The van der Waals surface area contributed by atoms with Gasteiger partial charge in [0, 0.05) is 23.3 Å². The molecule has 82 valence electrons. The Morgan fingerprint density at radius 1 is 1.25 bits per heavy atom. The molecule has 3 nitrogen and oxygen atoms in total. The first-order chi connectivity index (χ1) is 7.50. The van der Waals surface area contributed by atoms with E-state index in [0.717, 1.165) is 10.8 Å². The second kappa shape index (κ2) is 3.68. The maximum Gasteiger partial charge on any atom is 0.195 e. The quantitative estimate of drug-likeness (QED) is 0.781. The molecule has 0 spiro atoms. The summed E-state index contributed by atoms with van der Waals surface area (Å²) in [6, 6.07) is 7.51. The molecule has 0 fully saturated rings. The zero-order valence-corrected chi connectivity index (χ0v) is 9.27. The van der Waals surface area contributed by atoms with Crippen molar-refractivity contribution in [3.8, 4) is 0 Å². The number of Topliss-reactive ketones (excluding diaryl/α,β-unsaturated/α-hetero) is 1. The lowest BCUT2D eigenvalue weighted by molar-refractivity contribution is 0.0489. The van der Waals surface area contributed by atoms with Crippen LogP contribution in [0.5, 0.6) is 0 Å². The van der Waals surface area contributed by atoms with Crippen LogP contribution in [0.2, 0.25) is 0 Å². The van der Waals surface area contributed by atoms with Crippen molar-refractivity contribution in [1.29, 1.82) is 0 Å². The van der Waals surface area contributed by atoms with Crippen LogP contribution in [0.1, 0.15) is 24.2 Å². The van der Waals surface area contributed by atoms with Crippen LogP contribution in [0.4, 0.5) is 0 Å². The minimum absolute atomic E-state index is 0.309. The molecule has 0 radical (unpaired) electrons. The molecular formula is C13H13NO2. The van der Waals surface area contributed by atoms with Gasteiger partial charge in [0.05, 0.1) is 0 Å². The normalized spacial score (nSPS) is 11.7. The maximum atomic E-state index is 12.0. The second-order valence-corrected chi connectivity index (χ2v) is 4.30. The lowest BCUT2D eigenvalue weighted by atomic mass is 9.94. The SMILES string of the molecule is CC(C)(O)C(=O)c1cncc2ccccc12.